The number of amides is 1. The molecule has 28 heavy (non-hydrogen) atoms. The predicted molar refractivity (Wildman–Crippen MR) is 112 cm³/mol. The number of carbonyl (C=O) groups excluding carboxylic acids is 1. The van der Waals surface area contributed by atoms with Crippen molar-refractivity contribution in [3.05, 3.63) is 53.6 Å². The molecule has 1 heterocycles. The second-order valence-electron chi connectivity index (χ2n) is 8.30. The monoisotopic (exact) mass is 382 g/mol. The summed E-state index contributed by atoms with van der Waals surface area (Å²) in [7, 11) is 3.28. The largest absolute Gasteiger partial charge is 0.493 e. The van der Waals surface area contributed by atoms with Crippen LogP contribution < -0.4 is 14.8 Å². The third-order valence-electron chi connectivity index (χ3n) is 5.23. The Morgan fingerprint density at radius 3 is 2.21 bits per heavy atom. The maximum absolute atomic E-state index is 13.4. The molecule has 150 valence electrons. The molecule has 0 bridgehead atoms. The normalized spacial score (nSPS) is 14.8. The van der Waals surface area contributed by atoms with Crippen LogP contribution in [0.25, 0.3) is 0 Å². The third-order valence-corrected chi connectivity index (χ3v) is 5.23. The molecule has 1 amide bonds. The molecule has 0 fully saturated rings. The highest BCUT2D eigenvalue weighted by Gasteiger charge is 2.35. The van der Waals surface area contributed by atoms with Gasteiger partial charge in [0, 0.05) is 18.8 Å². The van der Waals surface area contributed by atoms with E-state index >= 15 is 0 Å². The van der Waals surface area contributed by atoms with E-state index in [1.807, 2.05) is 47.4 Å². The highest BCUT2D eigenvalue weighted by Crippen LogP contribution is 2.34. The first-order valence-corrected chi connectivity index (χ1v) is 9.67. The lowest BCUT2D eigenvalue weighted by Crippen LogP contribution is -2.50. The minimum absolute atomic E-state index is 0.122. The van der Waals surface area contributed by atoms with Crippen LogP contribution in [0.1, 0.15) is 31.9 Å². The van der Waals surface area contributed by atoms with Crippen molar-refractivity contribution < 1.29 is 14.3 Å². The van der Waals surface area contributed by atoms with Crippen LogP contribution in [0.2, 0.25) is 0 Å². The molecule has 0 saturated carbocycles. The fourth-order valence-corrected chi connectivity index (χ4v) is 3.60. The Bertz CT molecular complexity index is 828. The van der Waals surface area contributed by atoms with Crippen molar-refractivity contribution in [2.75, 3.05) is 26.1 Å². The number of benzene rings is 2. The summed E-state index contributed by atoms with van der Waals surface area (Å²) in [6.45, 7) is 7.56. The highest BCUT2D eigenvalue weighted by atomic mass is 16.5. The smallest absolute Gasteiger partial charge is 0.245 e. The van der Waals surface area contributed by atoms with E-state index in [0.717, 1.165) is 23.4 Å². The van der Waals surface area contributed by atoms with Gasteiger partial charge in [-0.3, -0.25) is 4.79 Å². The molecule has 5 nitrogen and oxygen atoms in total. The van der Waals surface area contributed by atoms with Gasteiger partial charge in [0.1, 0.15) is 6.04 Å². The van der Waals surface area contributed by atoms with E-state index in [4.69, 9.17) is 9.47 Å². The topological polar surface area (TPSA) is 50.8 Å². The molecular formula is C23H30N2O3. The molecular weight excluding hydrogens is 352 g/mol. The Labute approximate surface area is 167 Å². The van der Waals surface area contributed by atoms with E-state index in [1.165, 1.54) is 5.56 Å². The first kappa shape index (κ1) is 20.1. The van der Waals surface area contributed by atoms with Crippen molar-refractivity contribution in [1.82, 2.24) is 4.90 Å². The molecule has 1 aliphatic rings. The van der Waals surface area contributed by atoms with Gasteiger partial charge in [-0.15, -0.1) is 0 Å². The quantitative estimate of drug-likeness (QED) is 0.845. The van der Waals surface area contributed by atoms with E-state index in [9.17, 15) is 4.79 Å². The summed E-state index contributed by atoms with van der Waals surface area (Å²) in [4.78, 5) is 15.4. The average molecular weight is 383 g/mol. The van der Waals surface area contributed by atoms with Crippen molar-refractivity contribution in [3.63, 3.8) is 0 Å². The van der Waals surface area contributed by atoms with E-state index in [0.29, 0.717) is 18.8 Å². The van der Waals surface area contributed by atoms with Crippen molar-refractivity contribution >= 4 is 11.6 Å². The summed E-state index contributed by atoms with van der Waals surface area (Å²) < 4.78 is 10.8. The SMILES string of the molecule is COc1cc2c(cc1OC)CN(C(=O)[C@@H](Nc1ccccc1)C(C)(C)C)CC2. The fourth-order valence-electron chi connectivity index (χ4n) is 3.60. The van der Waals surface area contributed by atoms with Gasteiger partial charge in [0.15, 0.2) is 11.5 Å². The lowest BCUT2D eigenvalue weighted by atomic mass is 9.85. The van der Waals surface area contributed by atoms with Crippen molar-refractivity contribution in [3.8, 4) is 11.5 Å². The molecule has 0 saturated heterocycles. The van der Waals surface area contributed by atoms with Crippen LogP contribution >= 0.6 is 0 Å². The summed E-state index contributed by atoms with van der Waals surface area (Å²) in [5.74, 6) is 1.56. The van der Waals surface area contributed by atoms with Crippen LogP contribution in [0.4, 0.5) is 5.69 Å². The Morgan fingerprint density at radius 2 is 1.64 bits per heavy atom. The maximum Gasteiger partial charge on any atom is 0.245 e. The number of para-hydroxylation sites is 1. The first-order chi connectivity index (χ1) is 13.3. The minimum atomic E-state index is -0.309. The third kappa shape index (κ3) is 4.24. The molecule has 1 atom stereocenters. The van der Waals surface area contributed by atoms with E-state index < -0.39 is 0 Å². The summed E-state index contributed by atoms with van der Waals surface area (Å²) in [6, 6.07) is 13.6. The lowest BCUT2D eigenvalue weighted by Gasteiger charge is -2.37. The van der Waals surface area contributed by atoms with Crippen LogP contribution in [-0.2, 0) is 17.8 Å². The number of carbonyl (C=O) groups is 1. The number of nitrogens with zero attached hydrogens (tertiary/aromatic N) is 1. The van der Waals surface area contributed by atoms with Crippen molar-refractivity contribution in [2.45, 2.75) is 39.8 Å². The summed E-state index contributed by atoms with van der Waals surface area (Å²) in [5, 5.41) is 3.44. The molecule has 2 aromatic carbocycles. The fraction of sp³-hybridized carbons (Fsp3) is 0.435. The first-order valence-electron chi connectivity index (χ1n) is 9.67. The zero-order valence-electron chi connectivity index (χ0n) is 17.4. The van der Waals surface area contributed by atoms with Crippen molar-refractivity contribution in [1.29, 1.82) is 0 Å². The number of hydrogen-bond donors (Lipinski definition) is 1. The van der Waals surface area contributed by atoms with E-state index in [2.05, 4.69) is 26.1 Å². The summed E-state index contributed by atoms with van der Waals surface area (Å²) in [6.07, 6.45) is 0.809. The summed E-state index contributed by atoms with van der Waals surface area (Å²) in [5.41, 5.74) is 3.07. The second kappa shape index (κ2) is 8.13. The Hall–Kier alpha value is -2.69. The molecule has 0 aromatic heterocycles. The van der Waals surface area contributed by atoms with Gasteiger partial charge in [0.25, 0.3) is 0 Å². The molecule has 0 radical (unpaired) electrons. The highest BCUT2D eigenvalue weighted by molar-refractivity contribution is 5.86. The minimum Gasteiger partial charge on any atom is -0.493 e. The van der Waals surface area contributed by atoms with Gasteiger partial charge in [-0.25, -0.2) is 0 Å². The van der Waals surface area contributed by atoms with Gasteiger partial charge >= 0.3 is 0 Å². The maximum atomic E-state index is 13.4. The van der Waals surface area contributed by atoms with E-state index in [1.54, 1.807) is 14.2 Å². The molecule has 0 spiro atoms. The zero-order valence-corrected chi connectivity index (χ0v) is 17.4. The standard InChI is InChI=1S/C23H30N2O3/c1-23(2,3)21(24-18-9-7-6-8-10-18)22(26)25-12-11-16-13-19(27-4)20(28-5)14-17(16)15-25/h6-10,13-14,21,24H,11-12,15H2,1-5H3/t21-/m1/s1. The molecule has 1 aliphatic heterocycles. The van der Waals surface area contributed by atoms with Gasteiger partial charge in [0.05, 0.1) is 14.2 Å². The van der Waals surface area contributed by atoms with Gasteiger partial charge in [-0.1, -0.05) is 39.0 Å². The number of nitrogens with one attached hydrogen (secondary N) is 1. The number of fused-ring (bicyclic) bond motifs is 1. The summed E-state index contributed by atoms with van der Waals surface area (Å²) >= 11 is 0. The molecule has 3 rings (SSSR count). The van der Waals surface area contributed by atoms with Crippen LogP contribution in [0.5, 0.6) is 11.5 Å². The number of rotatable bonds is 5. The number of hydrogen-bond acceptors (Lipinski definition) is 4. The Morgan fingerprint density at radius 1 is 1.04 bits per heavy atom. The second-order valence-corrected chi connectivity index (χ2v) is 8.30. The zero-order chi connectivity index (χ0) is 20.3. The van der Waals surface area contributed by atoms with Gasteiger partial charge in [0.2, 0.25) is 5.91 Å². The van der Waals surface area contributed by atoms with Gasteiger partial charge < -0.3 is 19.7 Å². The van der Waals surface area contributed by atoms with E-state index in [-0.39, 0.29) is 17.4 Å². The molecule has 0 unspecified atom stereocenters. The van der Waals surface area contributed by atoms with Crippen LogP contribution in [0, 0.1) is 5.41 Å². The number of anilines is 1. The number of ether oxygens (including phenoxy) is 2. The van der Waals surface area contributed by atoms with Crippen molar-refractivity contribution in [2.24, 2.45) is 5.41 Å². The lowest BCUT2D eigenvalue weighted by molar-refractivity contribution is -0.135. The van der Waals surface area contributed by atoms with Gasteiger partial charge in [-0.05, 0) is 47.2 Å². The molecule has 1 N–H and O–H groups in total. The van der Waals surface area contributed by atoms with Crippen LogP contribution in [0.15, 0.2) is 42.5 Å². The Balaban J connectivity index is 1.83. The molecule has 5 heteroatoms. The average Bonchev–Trinajstić information content (AvgIpc) is 2.69. The molecule has 2 aromatic rings. The predicted octanol–water partition coefficient (Wildman–Crippen LogP) is 4.12. The van der Waals surface area contributed by atoms with Crippen LogP contribution in [-0.4, -0.2) is 37.6 Å². The van der Waals surface area contributed by atoms with Gasteiger partial charge in [-0.2, -0.15) is 0 Å². The number of methoxy groups -OCH3 is 2. The molecule has 0 aliphatic carbocycles. The Kier molecular flexibility index (Phi) is 5.82. The van der Waals surface area contributed by atoms with Crippen LogP contribution in [0.3, 0.4) is 0 Å².